The zero-order chi connectivity index (χ0) is 6.10. The summed E-state index contributed by atoms with van der Waals surface area (Å²) in [4.78, 5) is 0. The normalized spacial score (nSPS) is 40.9. The maximum Gasteiger partial charge on any atom is 0.00174 e. The van der Waals surface area contributed by atoms with Gasteiger partial charge >= 0.3 is 0 Å². The fourth-order valence-corrected chi connectivity index (χ4v) is 1.88. The summed E-state index contributed by atoms with van der Waals surface area (Å²) in [6.45, 7) is 2.48. The van der Waals surface area contributed by atoms with E-state index in [-0.39, 0.29) is 0 Å². The Morgan fingerprint density at radius 2 is 2.33 bits per heavy atom. The predicted molar refractivity (Wildman–Crippen MR) is 38.2 cm³/mol. The fraction of sp³-hybridized carbons (Fsp3) is 0.750. The smallest absolute Gasteiger partial charge is 0.00174 e. The van der Waals surface area contributed by atoms with Gasteiger partial charge in [0.25, 0.3) is 0 Å². The Bertz CT molecular complexity index is 129. The van der Waals surface area contributed by atoms with Crippen LogP contribution in [0.2, 0.25) is 0 Å². The van der Waals surface area contributed by atoms with E-state index in [1.165, 1.54) is 25.9 Å². The first kappa shape index (κ1) is 5.48. The summed E-state index contributed by atoms with van der Waals surface area (Å²) in [6.07, 6.45) is 7.43. The molecule has 0 aromatic carbocycles. The SMILES string of the molecule is C1=C[C@@H]2CNC[C@H]2CC1. The zero-order valence-electron chi connectivity index (χ0n) is 5.64. The molecule has 0 saturated carbocycles. The van der Waals surface area contributed by atoms with Crippen molar-refractivity contribution in [1.82, 2.24) is 5.32 Å². The van der Waals surface area contributed by atoms with Gasteiger partial charge in [-0.1, -0.05) is 12.2 Å². The maximum atomic E-state index is 3.41. The van der Waals surface area contributed by atoms with E-state index >= 15 is 0 Å². The summed E-state index contributed by atoms with van der Waals surface area (Å²) in [6, 6.07) is 0. The van der Waals surface area contributed by atoms with Crippen molar-refractivity contribution in [1.29, 1.82) is 0 Å². The van der Waals surface area contributed by atoms with E-state index in [1.54, 1.807) is 0 Å². The highest BCUT2D eigenvalue weighted by Crippen LogP contribution is 2.26. The van der Waals surface area contributed by atoms with E-state index in [4.69, 9.17) is 0 Å². The van der Waals surface area contributed by atoms with Crippen LogP contribution in [0.25, 0.3) is 0 Å². The second-order valence-corrected chi connectivity index (χ2v) is 3.09. The van der Waals surface area contributed by atoms with Crippen LogP contribution in [-0.4, -0.2) is 13.1 Å². The third-order valence-electron chi connectivity index (χ3n) is 2.48. The first-order valence-corrected chi connectivity index (χ1v) is 3.84. The Morgan fingerprint density at radius 1 is 1.33 bits per heavy atom. The average Bonchev–Trinajstić information content (AvgIpc) is 2.33. The quantitative estimate of drug-likeness (QED) is 0.477. The van der Waals surface area contributed by atoms with E-state index in [9.17, 15) is 0 Å². The lowest BCUT2D eigenvalue weighted by molar-refractivity contribution is 0.442. The summed E-state index contributed by atoms with van der Waals surface area (Å²) in [5.41, 5.74) is 0. The van der Waals surface area contributed by atoms with Crippen molar-refractivity contribution in [2.75, 3.05) is 13.1 Å². The van der Waals surface area contributed by atoms with Gasteiger partial charge in [0, 0.05) is 6.54 Å². The Morgan fingerprint density at radius 3 is 3.22 bits per heavy atom. The molecule has 0 unspecified atom stereocenters. The molecule has 1 fully saturated rings. The van der Waals surface area contributed by atoms with Crippen LogP contribution < -0.4 is 5.32 Å². The molecule has 2 rings (SSSR count). The zero-order valence-corrected chi connectivity index (χ0v) is 5.64. The number of rotatable bonds is 0. The molecule has 1 heterocycles. The number of allylic oxidation sites excluding steroid dienone is 1. The molecule has 1 aliphatic carbocycles. The van der Waals surface area contributed by atoms with Crippen LogP contribution in [0.1, 0.15) is 12.8 Å². The molecule has 2 atom stereocenters. The van der Waals surface area contributed by atoms with Gasteiger partial charge in [0.05, 0.1) is 0 Å². The molecule has 9 heavy (non-hydrogen) atoms. The highest BCUT2D eigenvalue weighted by molar-refractivity contribution is 5.01. The van der Waals surface area contributed by atoms with Gasteiger partial charge in [-0.05, 0) is 31.2 Å². The van der Waals surface area contributed by atoms with Crippen molar-refractivity contribution in [2.45, 2.75) is 12.8 Å². The van der Waals surface area contributed by atoms with Crippen molar-refractivity contribution in [2.24, 2.45) is 11.8 Å². The lowest BCUT2D eigenvalue weighted by atomic mass is 9.87. The van der Waals surface area contributed by atoms with E-state index in [0.717, 1.165) is 11.8 Å². The molecule has 50 valence electrons. The summed E-state index contributed by atoms with van der Waals surface area (Å²) >= 11 is 0. The minimum atomic E-state index is 0.874. The summed E-state index contributed by atoms with van der Waals surface area (Å²) in [5, 5.41) is 3.41. The number of hydrogen-bond acceptors (Lipinski definition) is 1. The molecule has 0 aromatic heterocycles. The van der Waals surface area contributed by atoms with Crippen LogP contribution in [-0.2, 0) is 0 Å². The third-order valence-corrected chi connectivity index (χ3v) is 2.48. The van der Waals surface area contributed by atoms with Gasteiger partial charge in [0.2, 0.25) is 0 Å². The minimum Gasteiger partial charge on any atom is -0.316 e. The van der Waals surface area contributed by atoms with Crippen LogP contribution in [0, 0.1) is 11.8 Å². The highest BCUT2D eigenvalue weighted by atomic mass is 14.9. The van der Waals surface area contributed by atoms with Crippen molar-refractivity contribution in [3.8, 4) is 0 Å². The molecular weight excluding hydrogens is 110 g/mol. The van der Waals surface area contributed by atoms with Gasteiger partial charge in [-0.25, -0.2) is 0 Å². The molecule has 1 saturated heterocycles. The molecule has 0 bridgehead atoms. The topological polar surface area (TPSA) is 12.0 Å². The summed E-state index contributed by atoms with van der Waals surface area (Å²) < 4.78 is 0. The maximum absolute atomic E-state index is 3.41. The minimum absolute atomic E-state index is 0.874. The van der Waals surface area contributed by atoms with E-state index in [0.29, 0.717) is 0 Å². The predicted octanol–water partition coefficient (Wildman–Crippen LogP) is 1.17. The molecule has 1 N–H and O–H groups in total. The van der Waals surface area contributed by atoms with Crippen molar-refractivity contribution in [3.63, 3.8) is 0 Å². The largest absolute Gasteiger partial charge is 0.316 e. The Kier molecular flexibility index (Phi) is 1.31. The molecule has 2 aliphatic rings. The van der Waals surface area contributed by atoms with Crippen molar-refractivity contribution in [3.05, 3.63) is 12.2 Å². The Balaban J connectivity index is 2.10. The van der Waals surface area contributed by atoms with E-state index in [1.807, 2.05) is 0 Å². The number of nitrogens with one attached hydrogen (secondary N) is 1. The van der Waals surface area contributed by atoms with Gasteiger partial charge in [-0.2, -0.15) is 0 Å². The van der Waals surface area contributed by atoms with Gasteiger partial charge in [-0.15, -0.1) is 0 Å². The van der Waals surface area contributed by atoms with Crippen LogP contribution in [0.15, 0.2) is 12.2 Å². The second-order valence-electron chi connectivity index (χ2n) is 3.09. The van der Waals surface area contributed by atoms with Gasteiger partial charge < -0.3 is 5.32 Å². The third kappa shape index (κ3) is 0.897. The first-order chi connectivity index (χ1) is 4.47. The number of hydrogen-bond donors (Lipinski definition) is 1. The molecule has 0 spiro atoms. The fourth-order valence-electron chi connectivity index (χ4n) is 1.88. The molecule has 1 aliphatic heterocycles. The Hall–Kier alpha value is -0.300. The van der Waals surface area contributed by atoms with Gasteiger partial charge in [0.15, 0.2) is 0 Å². The lowest BCUT2D eigenvalue weighted by Gasteiger charge is -2.17. The van der Waals surface area contributed by atoms with Crippen molar-refractivity contribution < 1.29 is 0 Å². The second kappa shape index (κ2) is 2.14. The molecule has 1 nitrogen and oxygen atoms in total. The van der Waals surface area contributed by atoms with Crippen LogP contribution in [0.5, 0.6) is 0 Å². The lowest BCUT2D eigenvalue weighted by Crippen LogP contribution is -2.12. The molecule has 0 radical (unpaired) electrons. The standard InChI is InChI=1S/C8H13N/c1-2-4-8-6-9-5-7(8)3-1/h1,3,7-9H,2,4-6H2/t7-,8-/m1/s1. The van der Waals surface area contributed by atoms with Crippen molar-refractivity contribution >= 4 is 0 Å². The number of fused-ring (bicyclic) bond motifs is 1. The van der Waals surface area contributed by atoms with Gasteiger partial charge in [0.1, 0.15) is 0 Å². The van der Waals surface area contributed by atoms with E-state index in [2.05, 4.69) is 17.5 Å². The molecule has 0 aromatic rings. The van der Waals surface area contributed by atoms with E-state index < -0.39 is 0 Å². The molecular formula is C8H13N. The van der Waals surface area contributed by atoms with Crippen LogP contribution in [0.3, 0.4) is 0 Å². The molecule has 0 amide bonds. The summed E-state index contributed by atoms with van der Waals surface area (Å²) in [5.74, 6) is 1.84. The Labute approximate surface area is 56.1 Å². The molecule has 1 heteroatoms. The monoisotopic (exact) mass is 123 g/mol. The first-order valence-electron chi connectivity index (χ1n) is 3.84. The average molecular weight is 123 g/mol. The van der Waals surface area contributed by atoms with Gasteiger partial charge in [-0.3, -0.25) is 0 Å². The highest BCUT2D eigenvalue weighted by Gasteiger charge is 2.25. The van der Waals surface area contributed by atoms with Crippen LogP contribution in [0.4, 0.5) is 0 Å². The van der Waals surface area contributed by atoms with Crippen LogP contribution >= 0.6 is 0 Å². The summed E-state index contributed by atoms with van der Waals surface area (Å²) in [7, 11) is 0.